The first-order valence-corrected chi connectivity index (χ1v) is 8.75. The maximum atomic E-state index is 12.3. The molecule has 1 saturated carbocycles. The minimum atomic E-state index is -0.681. The lowest BCUT2D eigenvalue weighted by molar-refractivity contribution is -0.134. The molecule has 0 aromatic heterocycles. The fourth-order valence-corrected chi connectivity index (χ4v) is 2.92. The summed E-state index contributed by atoms with van der Waals surface area (Å²) in [5.41, 5.74) is 0.0794. The van der Waals surface area contributed by atoms with Crippen LogP contribution in [0.1, 0.15) is 36.5 Å². The van der Waals surface area contributed by atoms with Crippen LogP contribution in [0.15, 0.2) is 36.4 Å². The van der Waals surface area contributed by atoms with Crippen molar-refractivity contribution in [3.05, 3.63) is 42.0 Å². The molecule has 0 aliphatic heterocycles. The van der Waals surface area contributed by atoms with Crippen molar-refractivity contribution in [3.8, 4) is 5.75 Å². The maximum absolute atomic E-state index is 12.3. The molecule has 0 bridgehead atoms. The molecular weight excluding hydrogens is 318 g/mol. The van der Waals surface area contributed by atoms with Crippen LogP contribution in [0.25, 0.3) is 10.8 Å². The summed E-state index contributed by atoms with van der Waals surface area (Å²) >= 11 is 0. The summed E-state index contributed by atoms with van der Waals surface area (Å²) < 4.78 is 5.16. The molecule has 5 nitrogen and oxygen atoms in total. The summed E-state index contributed by atoms with van der Waals surface area (Å²) in [7, 11) is 0. The first kappa shape index (κ1) is 17.3. The number of amides is 1. The number of esters is 1. The molecule has 0 saturated heterocycles. The van der Waals surface area contributed by atoms with Crippen molar-refractivity contribution in [3.63, 3.8) is 0 Å². The number of benzene rings is 2. The minimum absolute atomic E-state index is 0.0794. The molecule has 132 valence electrons. The van der Waals surface area contributed by atoms with Gasteiger partial charge >= 0.3 is 5.97 Å². The number of rotatable bonds is 7. The number of ether oxygens (including phenoxy) is 1. The van der Waals surface area contributed by atoms with Crippen LogP contribution >= 0.6 is 0 Å². The van der Waals surface area contributed by atoms with Crippen molar-refractivity contribution in [2.24, 2.45) is 5.92 Å². The van der Waals surface area contributed by atoms with Gasteiger partial charge in [-0.1, -0.05) is 37.3 Å². The van der Waals surface area contributed by atoms with Gasteiger partial charge in [0, 0.05) is 18.5 Å². The van der Waals surface area contributed by atoms with Crippen molar-refractivity contribution < 1.29 is 19.4 Å². The molecule has 5 heteroatoms. The van der Waals surface area contributed by atoms with E-state index >= 15 is 0 Å². The van der Waals surface area contributed by atoms with Gasteiger partial charge in [0.1, 0.15) is 11.3 Å². The molecule has 1 fully saturated rings. The molecule has 0 radical (unpaired) electrons. The van der Waals surface area contributed by atoms with Gasteiger partial charge in [-0.15, -0.1) is 0 Å². The third-order valence-corrected chi connectivity index (χ3v) is 4.47. The quantitative estimate of drug-likeness (QED) is 0.784. The number of fused-ring (bicyclic) bond motifs is 1. The van der Waals surface area contributed by atoms with Gasteiger partial charge in [0.05, 0.1) is 0 Å². The van der Waals surface area contributed by atoms with Crippen molar-refractivity contribution in [1.29, 1.82) is 0 Å². The number of hydrogen-bond donors (Lipinski definition) is 1. The summed E-state index contributed by atoms with van der Waals surface area (Å²) in [5.74, 6) is -0.378. The van der Waals surface area contributed by atoms with E-state index in [1.54, 1.807) is 23.1 Å². The van der Waals surface area contributed by atoms with Gasteiger partial charge in [0.2, 0.25) is 0 Å². The van der Waals surface area contributed by atoms with E-state index in [1.165, 1.54) is 6.07 Å². The van der Waals surface area contributed by atoms with Crippen molar-refractivity contribution in [2.75, 3.05) is 19.7 Å². The van der Waals surface area contributed by atoms with Gasteiger partial charge in [-0.05, 0) is 36.6 Å². The van der Waals surface area contributed by atoms with Crippen LogP contribution in [-0.2, 0) is 9.53 Å². The number of carbonyl (C=O) groups is 2. The van der Waals surface area contributed by atoms with Crippen LogP contribution in [0.2, 0.25) is 0 Å². The molecule has 2 aromatic rings. The zero-order valence-corrected chi connectivity index (χ0v) is 14.4. The van der Waals surface area contributed by atoms with Gasteiger partial charge in [0.25, 0.3) is 5.91 Å². The normalized spacial score (nSPS) is 13.6. The summed E-state index contributed by atoms with van der Waals surface area (Å²) in [6.45, 7) is 3.14. The van der Waals surface area contributed by atoms with Gasteiger partial charge in [-0.2, -0.15) is 0 Å². The van der Waals surface area contributed by atoms with E-state index in [0.29, 0.717) is 17.8 Å². The first-order chi connectivity index (χ1) is 12.1. The first-order valence-electron chi connectivity index (χ1n) is 8.75. The predicted molar refractivity (Wildman–Crippen MR) is 95.5 cm³/mol. The third kappa shape index (κ3) is 4.10. The molecular formula is C20H23NO4. The minimum Gasteiger partial charge on any atom is -0.506 e. The smallest absolute Gasteiger partial charge is 0.342 e. The van der Waals surface area contributed by atoms with E-state index < -0.39 is 5.97 Å². The Balaban J connectivity index is 1.65. The van der Waals surface area contributed by atoms with Crippen LogP contribution < -0.4 is 0 Å². The Hall–Kier alpha value is -2.56. The van der Waals surface area contributed by atoms with E-state index in [4.69, 9.17) is 4.74 Å². The number of aromatic hydroxyl groups is 1. The Morgan fingerprint density at radius 1 is 1.20 bits per heavy atom. The largest absolute Gasteiger partial charge is 0.506 e. The lowest BCUT2D eigenvalue weighted by atomic mass is 10.1. The Bertz CT molecular complexity index is 782. The molecule has 25 heavy (non-hydrogen) atoms. The highest BCUT2D eigenvalue weighted by Crippen LogP contribution is 2.30. The molecule has 0 spiro atoms. The van der Waals surface area contributed by atoms with E-state index in [2.05, 4.69) is 0 Å². The highest BCUT2D eigenvalue weighted by molar-refractivity contribution is 6.01. The highest BCUT2D eigenvalue weighted by Gasteiger charge is 2.27. The summed E-state index contributed by atoms with van der Waals surface area (Å²) in [6, 6.07) is 10.5. The SMILES string of the molecule is CCCN(CC1CC1)C(=O)COC(=O)c1ccc2ccccc2c1O. The number of carbonyl (C=O) groups excluding carboxylic acids is 2. The molecule has 3 rings (SSSR count). The maximum Gasteiger partial charge on any atom is 0.342 e. The summed E-state index contributed by atoms with van der Waals surface area (Å²) in [5, 5.41) is 11.7. The lowest BCUT2D eigenvalue weighted by Gasteiger charge is -2.21. The van der Waals surface area contributed by atoms with Crippen LogP contribution in [0.5, 0.6) is 5.75 Å². The van der Waals surface area contributed by atoms with Crippen LogP contribution in [0.4, 0.5) is 0 Å². The van der Waals surface area contributed by atoms with Crippen molar-refractivity contribution in [1.82, 2.24) is 4.90 Å². The summed E-state index contributed by atoms with van der Waals surface area (Å²) in [6.07, 6.45) is 3.20. The number of nitrogens with zero attached hydrogens (tertiary/aromatic N) is 1. The molecule has 0 unspecified atom stereocenters. The molecule has 1 amide bonds. The van der Waals surface area contributed by atoms with Gasteiger partial charge in [0.15, 0.2) is 6.61 Å². The Labute approximate surface area is 147 Å². The molecule has 2 aromatic carbocycles. The highest BCUT2D eigenvalue weighted by atomic mass is 16.5. The van der Waals surface area contributed by atoms with E-state index in [0.717, 1.165) is 31.2 Å². The van der Waals surface area contributed by atoms with E-state index in [1.807, 2.05) is 19.1 Å². The van der Waals surface area contributed by atoms with Gasteiger partial charge in [-0.3, -0.25) is 4.79 Å². The number of phenols is 1. The Morgan fingerprint density at radius 3 is 2.68 bits per heavy atom. The monoisotopic (exact) mass is 341 g/mol. The topological polar surface area (TPSA) is 66.8 Å². The van der Waals surface area contributed by atoms with Crippen LogP contribution in [0.3, 0.4) is 0 Å². The molecule has 1 aliphatic rings. The van der Waals surface area contributed by atoms with Crippen molar-refractivity contribution >= 4 is 22.6 Å². The zero-order chi connectivity index (χ0) is 17.8. The second-order valence-electron chi connectivity index (χ2n) is 6.54. The van der Waals surface area contributed by atoms with Crippen molar-refractivity contribution in [2.45, 2.75) is 26.2 Å². The predicted octanol–water partition coefficient (Wildman–Crippen LogP) is 3.35. The zero-order valence-electron chi connectivity index (χ0n) is 14.4. The number of hydrogen-bond acceptors (Lipinski definition) is 4. The Kier molecular flexibility index (Phi) is 5.22. The second kappa shape index (κ2) is 7.55. The lowest BCUT2D eigenvalue weighted by Crippen LogP contribution is -2.36. The van der Waals surface area contributed by atoms with Crippen LogP contribution in [0, 0.1) is 5.92 Å². The van der Waals surface area contributed by atoms with Crippen LogP contribution in [-0.4, -0.2) is 41.6 Å². The molecule has 1 N–H and O–H groups in total. The van der Waals surface area contributed by atoms with E-state index in [-0.39, 0.29) is 23.8 Å². The number of phenolic OH excluding ortho intramolecular Hbond substituents is 1. The fraction of sp³-hybridized carbons (Fsp3) is 0.400. The fourth-order valence-electron chi connectivity index (χ4n) is 2.92. The Morgan fingerprint density at radius 2 is 1.96 bits per heavy atom. The standard InChI is InChI=1S/C20H23NO4/c1-2-11-21(12-14-7-8-14)18(22)13-25-20(24)17-10-9-15-5-3-4-6-16(15)19(17)23/h3-6,9-10,14,23H,2,7-8,11-13H2,1H3. The molecule has 1 aliphatic carbocycles. The molecule has 0 atom stereocenters. The van der Waals surface area contributed by atoms with E-state index in [9.17, 15) is 14.7 Å². The average molecular weight is 341 g/mol. The third-order valence-electron chi connectivity index (χ3n) is 4.47. The van der Waals surface area contributed by atoms with Gasteiger partial charge < -0.3 is 14.7 Å². The van der Waals surface area contributed by atoms with Gasteiger partial charge in [-0.25, -0.2) is 4.79 Å². The average Bonchev–Trinajstić information content (AvgIpc) is 3.43. The second-order valence-corrected chi connectivity index (χ2v) is 6.54. The molecule has 0 heterocycles. The summed E-state index contributed by atoms with van der Waals surface area (Å²) in [4.78, 5) is 26.4.